The van der Waals surface area contributed by atoms with Gasteiger partial charge in [-0.3, -0.25) is 0 Å². The zero-order chi connectivity index (χ0) is 11.9. The number of hydrogen-bond donors (Lipinski definition) is 1. The van der Waals surface area contributed by atoms with Gasteiger partial charge in [0.25, 0.3) is 0 Å². The Balaban J connectivity index is 1.86. The number of piperazine rings is 1. The molecule has 0 aliphatic carbocycles. The second-order valence-corrected chi connectivity index (χ2v) is 5.33. The summed E-state index contributed by atoms with van der Waals surface area (Å²) in [5.74, 6) is 2.06. The van der Waals surface area contributed by atoms with E-state index < -0.39 is 0 Å². The first-order valence-electron chi connectivity index (χ1n) is 6.27. The molecule has 17 heavy (non-hydrogen) atoms. The van der Waals surface area contributed by atoms with Gasteiger partial charge in [-0.15, -0.1) is 0 Å². The fraction of sp³-hybridized carbons (Fsp3) is 0.692. The molecule has 3 heterocycles. The van der Waals surface area contributed by atoms with Crippen LogP contribution in [0.5, 0.6) is 0 Å². The Labute approximate surface area is 102 Å². The Morgan fingerprint density at radius 3 is 2.76 bits per heavy atom. The molecular formula is C13H20N2O2. The van der Waals surface area contributed by atoms with Gasteiger partial charge in [0.2, 0.25) is 0 Å². The maximum absolute atomic E-state index is 5.84. The number of rotatable bonds is 2. The van der Waals surface area contributed by atoms with Crippen LogP contribution in [0.1, 0.15) is 11.5 Å². The average Bonchev–Trinajstić information content (AvgIpc) is 2.64. The standard InChI is InChI=1S/C13H20N2O2/c1-10-3-4-12(17-10)13(8-16-9-13)11-7-15(2)6-5-14-11/h3-4,11,14H,5-9H2,1-2H3. The SMILES string of the molecule is Cc1ccc(C2(C3CN(C)CCN3)COC2)o1. The van der Waals surface area contributed by atoms with Gasteiger partial charge in [-0.1, -0.05) is 0 Å². The lowest BCUT2D eigenvalue weighted by atomic mass is 9.75. The third kappa shape index (κ3) is 1.80. The van der Waals surface area contributed by atoms with Crippen LogP contribution in [-0.2, 0) is 10.2 Å². The number of aryl methyl sites for hydroxylation is 1. The Kier molecular flexibility index (Phi) is 2.73. The van der Waals surface area contributed by atoms with E-state index in [0.717, 1.165) is 44.4 Å². The lowest BCUT2D eigenvalue weighted by Crippen LogP contribution is -2.66. The van der Waals surface area contributed by atoms with Gasteiger partial charge in [-0.2, -0.15) is 0 Å². The van der Waals surface area contributed by atoms with Gasteiger partial charge in [0.15, 0.2) is 0 Å². The van der Waals surface area contributed by atoms with Crippen molar-refractivity contribution in [1.82, 2.24) is 10.2 Å². The van der Waals surface area contributed by atoms with Gasteiger partial charge < -0.3 is 19.4 Å². The van der Waals surface area contributed by atoms with Crippen LogP contribution in [0.15, 0.2) is 16.5 Å². The van der Waals surface area contributed by atoms with E-state index in [1.54, 1.807) is 0 Å². The van der Waals surface area contributed by atoms with Gasteiger partial charge in [0.05, 0.1) is 18.6 Å². The molecule has 4 heteroatoms. The van der Waals surface area contributed by atoms with Crippen LogP contribution >= 0.6 is 0 Å². The minimum Gasteiger partial charge on any atom is -0.466 e. The summed E-state index contributed by atoms with van der Waals surface area (Å²) >= 11 is 0. The predicted molar refractivity (Wildman–Crippen MR) is 65.2 cm³/mol. The first-order valence-corrected chi connectivity index (χ1v) is 6.27. The molecule has 3 rings (SSSR count). The van der Waals surface area contributed by atoms with Gasteiger partial charge in [0.1, 0.15) is 11.5 Å². The van der Waals surface area contributed by atoms with Crippen molar-refractivity contribution in [2.75, 3.05) is 39.9 Å². The van der Waals surface area contributed by atoms with E-state index >= 15 is 0 Å². The zero-order valence-electron chi connectivity index (χ0n) is 10.5. The predicted octanol–water partition coefficient (Wildman–Crippen LogP) is 0.760. The summed E-state index contributed by atoms with van der Waals surface area (Å²) < 4.78 is 11.3. The number of hydrogen-bond acceptors (Lipinski definition) is 4. The van der Waals surface area contributed by atoms with Crippen molar-refractivity contribution >= 4 is 0 Å². The topological polar surface area (TPSA) is 37.6 Å². The van der Waals surface area contributed by atoms with Crippen molar-refractivity contribution in [2.45, 2.75) is 18.4 Å². The molecule has 1 N–H and O–H groups in total. The third-order valence-corrected chi connectivity index (χ3v) is 4.00. The molecule has 1 aromatic rings. The molecule has 0 amide bonds. The molecule has 94 valence electrons. The fourth-order valence-electron chi connectivity index (χ4n) is 2.81. The second-order valence-electron chi connectivity index (χ2n) is 5.33. The zero-order valence-corrected chi connectivity index (χ0v) is 10.5. The van der Waals surface area contributed by atoms with Crippen LogP contribution in [0, 0.1) is 6.92 Å². The highest BCUT2D eigenvalue weighted by atomic mass is 16.5. The first-order chi connectivity index (χ1) is 8.21. The largest absolute Gasteiger partial charge is 0.466 e. The Hall–Kier alpha value is -0.840. The van der Waals surface area contributed by atoms with Crippen LogP contribution < -0.4 is 5.32 Å². The molecule has 1 unspecified atom stereocenters. The third-order valence-electron chi connectivity index (χ3n) is 4.00. The van der Waals surface area contributed by atoms with Crippen molar-refractivity contribution in [3.8, 4) is 0 Å². The van der Waals surface area contributed by atoms with Crippen molar-refractivity contribution < 1.29 is 9.15 Å². The number of furan rings is 1. The highest BCUT2D eigenvalue weighted by Crippen LogP contribution is 2.37. The van der Waals surface area contributed by atoms with E-state index in [-0.39, 0.29) is 5.41 Å². The van der Waals surface area contributed by atoms with Crippen molar-refractivity contribution in [1.29, 1.82) is 0 Å². The number of ether oxygens (including phenoxy) is 1. The Morgan fingerprint density at radius 1 is 1.41 bits per heavy atom. The molecule has 2 saturated heterocycles. The highest BCUT2D eigenvalue weighted by Gasteiger charge is 2.50. The summed E-state index contributed by atoms with van der Waals surface area (Å²) in [7, 11) is 2.18. The molecule has 0 aromatic carbocycles. The number of nitrogens with one attached hydrogen (secondary N) is 1. The summed E-state index contributed by atoms with van der Waals surface area (Å²) in [6.07, 6.45) is 0. The van der Waals surface area contributed by atoms with Crippen molar-refractivity contribution in [3.63, 3.8) is 0 Å². The second kappa shape index (κ2) is 4.12. The summed E-state index contributed by atoms with van der Waals surface area (Å²) in [5, 5.41) is 3.62. The van der Waals surface area contributed by atoms with E-state index in [1.807, 2.05) is 13.0 Å². The smallest absolute Gasteiger partial charge is 0.116 e. The van der Waals surface area contributed by atoms with Crippen LogP contribution in [0.3, 0.4) is 0 Å². The summed E-state index contributed by atoms with van der Waals surface area (Å²) in [6, 6.07) is 4.58. The van der Waals surface area contributed by atoms with E-state index in [4.69, 9.17) is 9.15 Å². The monoisotopic (exact) mass is 236 g/mol. The van der Waals surface area contributed by atoms with Crippen LogP contribution in [0.4, 0.5) is 0 Å². The average molecular weight is 236 g/mol. The Bertz CT molecular complexity index is 398. The number of likely N-dealkylation sites (N-methyl/N-ethyl adjacent to an activating group) is 1. The summed E-state index contributed by atoms with van der Waals surface area (Å²) in [5.41, 5.74) is 0.0446. The van der Waals surface area contributed by atoms with Crippen molar-refractivity contribution in [3.05, 3.63) is 23.7 Å². The molecule has 1 aromatic heterocycles. The fourth-order valence-corrected chi connectivity index (χ4v) is 2.81. The molecule has 2 fully saturated rings. The lowest BCUT2D eigenvalue weighted by Gasteiger charge is -2.48. The molecule has 4 nitrogen and oxygen atoms in total. The maximum Gasteiger partial charge on any atom is 0.116 e. The van der Waals surface area contributed by atoms with Crippen LogP contribution in [-0.4, -0.2) is 50.8 Å². The molecule has 2 aliphatic heterocycles. The molecule has 0 spiro atoms. The minimum absolute atomic E-state index is 0.0446. The normalized spacial score (nSPS) is 28.9. The molecule has 0 radical (unpaired) electrons. The Morgan fingerprint density at radius 2 is 2.24 bits per heavy atom. The first kappa shape index (κ1) is 11.3. The molecular weight excluding hydrogens is 216 g/mol. The molecule has 2 aliphatic rings. The lowest BCUT2D eigenvalue weighted by molar-refractivity contribution is -0.0961. The van der Waals surface area contributed by atoms with Crippen molar-refractivity contribution in [2.24, 2.45) is 0 Å². The number of nitrogens with zero attached hydrogens (tertiary/aromatic N) is 1. The van der Waals surface area contributed by atoms with Gasteiger partial charge in [0, 0.05) is 25.7 Å². The van der Waals surface area contributed by atoms with E-state index in [1.165, 1.54) is 0 Å². The van der Waals surface area contributed by atoms with Crippen LogP contribution in [0.2, 0.25) is 0 Å². The van der Waals surface area contributed by atoms with E-state index in [9.17, 15) is 0 Å². The van der Waals surface area contributed by atoms with Gasteiger partial charge >= 0.3 is 0 Å². The highest BCUT2D eigenvalue weighted by molar-refractivity contribution is 5.24. The van der Waals surface area contributed by atoms with Crippen LogP contribution in [0.25, 0.3) is 0 Å². The van der Waals surface area contributed by atoms with E-state index in [2.05, 4.69) is 23.3 Å². The quantitative estimate of drug-likeness (QED) is 0.822. The van der Waals surface area contributed by atoms with Gasteiger partial charge in [-0.05, 0) is 26.1 Å². The van der Waals surface area contributed by atoms with Gasteiger partial charge in [-0.25, -0.2) is 0 Å². The summed E-state index contributed by atoms with van der Waals surface area (Å²) in [4.78, 5) is 2.37. The molecule has 0 bridgehead atoms. The summed E-state index contributed by atoms with van der Waals surface area (Å²) in [6.45, 7) is 6.75. The minimum atomic E-state index is 0.0446. The maximum atomic E-state index is 5.84. The molecule has 0 saturated carbocycles. The molecule has 1 atom stereocenters. The van der Waals surface area contributed by atoms with E-state index in [0.29, 0.717) is 6.04 Å².